The molecule has 0 amide bonds. The molecule has 0 N–H and O–H groups in total. The van der Waals surface area contributed by atoms with E-state index in [4.69, 9.17) is 0 Å². The molecular weight excluding hydrogens is 476 g/mol. The van der Waals surface area contributed by atoms with E-state index in [1.807, 2.05) is 48.5 Å². The van der Waals surface area contributed by atoms with Crippen molar-refractivity contribution in [3.8, 4) is 11.1 Å². The Balaban J connectivity index is 1.52. The van der Waals surface area contributed by atoms with E-state index in [1.54, 1.807) is 12.1 Å². The molecule has 8 rings (SSSR count). The van der Waals surface area contributed by atoms with Crippen LogP contribution in [0.4, 0.5) is 11.4 Å². The molecule has 6 heteroatoms. The standard InChI is InChI=1S/C32H16N2O4/c35-33(36)27-15-7-19-3-1-17-5-9-21(23-11-13-25(27)31(19)29(17)23)22-10-6-18-2-4-20-8-16-28(34(37)38)26-14-12-24(22)30(18)32(20)26/h1-16H. The zero-order valence-electron chi connectivity index (χ0n) is 19.8. The molecule has 0 unspecified atom stereocenters. The van der Waals surface area contributed by atoms with Crippen molar-refractivity contribution in [3.05, 3.63) is 117 Å². The summed E-state index contributed by atoms with van der Waals surface area (Å²) in [6, 6.07) is 30.9. The number of non-ortho nitro benzene ring substituents is 2. The van der Waals surface area contributed by atoms with Gasteiger partial charge in [-0.2, -0.15) is 0 Å². The van der Waals surface area contributed by atoms with Gasteiger partial charge in [-0.05, 0) is 78.5 Å². The van der Waals surface area contributed by atoms with Crippen LogP contribution in [0.25, 0.3) is 75.8 Å². The molecule has 0 heterocycles. The summed E-state index contributed by atoms with van der Waals surface area (Å²) in [6.07, 6.45) is 0. The van der Waals surface area contributed by atoms with Crippen LogP contribution in [0.15, 0.2) is 97.1 Å². The summed E-state index contributed by atoms with van der Waals surface area (Å²) in [5.41, 5.74) is 2.24. The molecule has 8 aromatic carbocycles. The molecule has 0 radical (unpaired) electrons. The summed E-state index contributed by atoms with van der Waals surface area (Å²) in [5.74, 6) is 0. The first-order valence-corrected chi connectivity index (χ1v) is 12.2. The van der Waals surface area contributed by atoms with Crippen LogP contribution in [0, 0.1) is 20.2 Å². The minimum absolute atomic E-state index is 0.0987. The quantitative estimate of drug-likeness (QED) is 0.140. The van der Waals surface area contributed by atoms with Crippen LogP contribution in [0.3, 0.4) is 0 Å². The molecule has 0 aliphatic heterocycles. The lowest BCUT2D eigenvalue weighted by Gasteiger charge is -2.17. The maximum atomic E-state index is 11.8. The first kappa shape index (κ1) is 20.8. The number of nitro benzene ring substituents is 2. The van der Waals surface area contributed by atoms with E-state index in [2.05, 4.69) is 36.4 Å². The molecule has 0 atom stereocenters. The Morgan fingerprint density at radius 2 is 0.658 bits per heavy atom. The van der Waals surface area contributed by atoms with Gasteiger partial charge in [0.05, 0.1) is 20.6 Å². The highest BCUT2D eigenvalue weighted by Gasteiger charge is 2.21. The zero-order chi connectivity index (χ0) is 25.7. The fourth-order valence-electron chi connectivity index (χ4n) is 6.36. The predicted octanol–water partition coefficient (Wildman–Crippen LogP) is 8.96. The van der Waals surface area contributed by atoms with Crippen molar-refractivity contribution in [3.63, 3.8) is 0 Å². The minimum Gasteiger partial charge on any atom is -0.258 e. The van der Waals surface area contributed by atoms with Gasteiger partial charge in [0.25, 0.3) is 11.4 Å². The van der Waals surface area contributed by atoms with Gasteiger partial charge in [-0.25, -0.2) is 0 Å². The van der Waals surface area contributed by atoms with Crippen LogP contribution in [0.1, 0.15) is 0 Å². The molecule has 0 saturated carbocycles. The molecule has 6 nitrogen and oxygen atoms in total. The second-order valence-corrected chi connectivity index (χ2v) is 9.75. The molecule has 38 heavy (non-hydrogen) atoms. The molecule has 8 aromatic rings. The van der Waals surface area contributed by atoms with Crippen LogP contribution in [0.5, 0.6) is 0 Å². The maximum Gasteiger partial charge on any atom is 0.277 e. The van der Waals surface area contributed by atoms with Gasteiger partial charge in [-0.1, -0.05) is 60.7 Å². The highest BCUT2D eigenvalue weighted by atomic mass is 16.6. The van der Waals surface area contributed by atoms with E-state index in [0.29, 0.717) is 10.8 Å². The SMILES string of the molecule is O=[N+]([O-])c1ccc2ccc3ccc(-c4ccc5ccc6ccc([N+](=O)[O-])c7ccc4c5c67)c4ccc1c2c34. The number of nitrogens with zero attached hydrogens (tertiary/aromatic N) is 2. The fraction of sp³-hybridized carbons (Fsp3) is 0. The Labute approximate surface area is 214 Å². The molecule has 0 spiro atoms. The Morgan fingerprint density at radius 3 is 1.03 bits per heavy atom. The molecule has 0 aliphatic rings. The van der Waals surface area contributed by atoms with Crippen molar-refractivity contribution in [1.29, 1.82) is 0 Å². The lowest BCUT2D eigenvalue weighted by molar-refractivity contribution is -0.383. The van der Waals surface area contributed by atoms with Gasteiger partial charge < -0.3 is 0 Å². The van der Waals surface area contributed by atoms with Gasteiger partial charge in [0.1, 0.15) is 0 Å². The van der Waals surface area contributed by atoms with Crippen molar-refractivity contribution in [2.75, 3.05) is 0 Å². The molecule has 0 fully saturated rings. The van der Waals surface area contributed by atoms with Gasteiger partial charge in [-0.15, -0.1) is 0 Å². The van der Waals surface area contributed by atoms with E-state index in [-0.39, 0.29) is 21.2 Å². The lowest BCUT2D eigenvalue weighted by atomic mass is 9.86. The van der Waals surface area contributed by atoms with Crippen LogP contribution in [-0.4, -0.2) is 9.85 Å². The number of rotatable bonds is 3. The normalized spacial score (nSPS) is 12.1. The average Bonchev–Trinajstić information content (AvgIpc) is 2.94. The van der Waals surface area contributed by atoms with E-state index >= 15 is 0 Å². The van der Waals surface area contributed by atoms with E-state index in [1.165, 1.54) is 0 Å². The van der Waals surface area contributed by atoms with Crippen LogP contribution < -0.4 is 0 Å². The summed E-state index contributed by atoms with van der Waals surface area (Å²) >= 11 is 0. The Morgan fingerprint density at radius 1 is 0.368 bits per heavy atom. The Bertz CT molecular complexity index is 2140. The first-order valence-electron chi connectivity index (χ1n) is 12.2. The summed E-state index contributed by atoms with van der Waals surface area (Å²) in [7, 11) is 0. The topological polar surface area (TPSA) is 86.3 Å². The summed E-state index contributed by atoms with van der Waals surface area (Å²) in [4.78, 5) is 22.9. The third kappa shape index (κ3) is 2.56. The average molecular weight is 492 g/mol. The molecule has 0 saturated heterocycles. The first-order chi connectivity index (χ1) is 18.5. The number of nitro groups is 2. The van der Waals surface area contributed by atoms with Gasteiger partial charge in [-0.3, -0.25) is 20.2 Å². The zero-order valence-corrected chi connectivity index (χ0v) is 19.8. The van der Waals surface area contributed by atoms with Gasteiger partial charge >= 0.3 is 0 Å². The highest BCUT2D eigenvalue weighted by molar-refractivity contribution is 6.30. The van der Waals surface area contributed by atoms with Crippen molar-refractivity contribution >= 4 is 76.0 Å². The minimum atomic E-state index is -0.326. The van der Waals surface area contributed by atoms with E-state index < -0.39 is 0 Å². The van der Waals surface area contributed by atoms with Gasteiger partial charge in [0, 0.05) is 22.9 Å². The monoisotopic (exact) mass is 492 g/mol. The van der Waals surface area contributed by atoms with E-state index in [0.717, 1.165) is 65.0 Å². The lowest BCUT2D eigenvalue weighted by Crippen LogP contribution is -1.94. The molecule has 0 aromatic heterocycles. The summed E-state index contributed by atoms with van der Waals surface area (Å²) in [6.45, 7) is 0. The molecule has 0 bridgehead atoms. The van der Waals surface area contributed by atoms with Crippen LogP contribution in [0.2, 0.25) is 0 Å². The predicted molar refractivity (Wildman–Crippen MR) is 153 cm³/mol. The van der Waals surface area contributed by atoms with Crippen molar-refractivity contribution in [1.82, 2.24) is 0 Å². The van der Waals surface area contributed by atoms with Gasteiger partial charge in [0.15, 0.2) is 0 Å². The number of hydrogen-bond acceptors (Lipinski definition) is 4. The second kappa shape index (κ2) is 7.11. The number of hydrogen-bond donors (Lipinski definition) is 0. The fourth-order valence-corrected chi connectivity index (χ4v) is 6.36. The van der Waals surface area contributed by atoms with Gasteiger partial charge in [0.2, 0.25) is 0 Å². The largest absolute Gasteiger partial charge is 0.277 e. The Hall–Kier alpha value is -5.36. The maximum absolute atomic E-state index is 11.8. The van der Waals surface area contributed by atoms with Crippen molar-refractivity contribution in [2.45, 2.75) is 0 Å². The van der Waals surface area contributed by atoms with Crippen LogP contribution >= 0.6 is 0 Å². The van der Waals surface area contributed by atoms with Crippen LogP contribution in [-0.2, 0) is 0 Å². The smallest absolute Gasteiger partial charge is 0.258 e. The van der Waals surface area contributed by atoms with Crippen molar-refractivity contribution < 1.29 is 9.85 Å². The van der Waals surface area contributed by atoms with Crippen molar-refractivity contribution in [2.24, 2.45) is 0 Å². The molecule has 0 aliphatic carbocycles. The number of benzene rings is 8. The second-order valence-electron chi connectivity index (χ2n) is 9.75. The third-order valence-electron chi connectivity index (χ3n) is 7.97. The summed E-state index contributed by atoms with van der Waals surface area (Å²) in [5, 5.41) is 34.6. The summed E-state index contributed by atoms with van der Waals surface area (Å²) < 4.78 is 0. The Kier molecular flexibility index (Phi) is 3.89. The highest BCUT2D eigenvalue weighted by Crippen LogP contribution is 2.46. The molecular formula is C32H16N2O4. The van der Waals surface area contributed by atoms with E-state index in [9.17, 15) is 20.2 Å². The third-order valence-corrected chi connectivity index (χ3v) is 7.97. The molecule has 178 valence electrons.